The molecule has 0 spiro atoms. The molecule has 1 aromatic heterocycles. The van der Waals surface area contributed by atoms with E-state index in [1.165, 1.54) is 17.5 Å². The number of aliphatic hydroxyl groups is 1. The Labute approximate surface area is 112 Å². The molecule has 0 amide bonds. The molecule has 0 atom stereocenters. The van der Waals surface area contributed by atoms with Crippen LogP contribution in [0.2, 0.25) is 0 Å². The number of sulfonamides is 1. The van der Waals surface area contributed by atoms with Crippen LogP contribution in [-0.2, 0) is 14.8 Å². The molecule has 0 unspecified atom stereocenters. The third-order valence-electron chi connectivity index (χ3n) is 3.41. The predicted molar refractivity (Wildman–Crippen MR) is 68.1 cm³/mol. The first kappa shape index (κ1) is 14.4. The summed E-state index contributed by atoms with van der Waals surface area (Å²) < 4.78 is 31.1. The van der Waals surface area contributed by atoms with Crippen molar-refractivity contribution in [1.82, 2.24) is 14.5 Å². The van der Waals surface area contributed by atoms with Gasteiger partial charge in [0.15, 0.2) is 0 Å². The van der Waals surface area contributed by atoms with Crippen LogP contribution in [0.4, 0.5) is 0 Å². The number of rotatable bonds is 4. The maximum atomic E-state index is 12.4. The van der Waals surface area contributed by atoms with Gasteiger partial charge in [-0.2, -0.15) is 9.40 Å². The zero-order chi connectivity index (χ0) is 14.1. The summed E-state index contributed by atoms with van der Waals surface area (Å²) in [7, 11) is -2.16. The number of aromatic amines is 1. The molecule has 2 heterocycles. The van der Waals surface area contributed by atoms with Crippen molar-refractivity contribution in [2.24, 2.45) is 0 Å². The van der Waals surface area contributed by atoms with Crippen LogP contribution in [0.3, 0.4) is 0 Å². The smallest absolute Gasteiger partial charge is 0.246 e. The number of H-pyrrole nitrogens is 1. The number of nitrogens with one attached hydrogen (secondary N) is 1. The molecule has 2 N–H and O–H groups in total. The molecule has 0 aliphatic carbocycles. The summed E-state index contributed by atoms with van der Waals surface area (Å²) in [5, 5.41) is 16.7. The lowest BCUT2D eigenvalue weighted by Gasteiger charge is -2.34. The van der Waals surface area contributed by atoms with Crippen LogP contribution in [0.1, 0.15) is 18.5 Å². The minimum absolute atomic E-state index is 0.0588. The molecule has 0 bridgehead atoms. The fourth-order valence-electron chi connectivity index (χ4n) is 2.18. The van der Waals surface area contributed by atoms with Crippen molar-refractivity contribution < 1.29 is 18.3 Å². The van der Waals surface area contributed by atoms with Crippen molar-refractivity contribution in [1.29, 1.82) is 0 Å². The number of aryl methyl sites for hydroxylation is 1. The molecule has 19 heavy (non-hydrogen) atoms. The molecule has 1 fully saturated rings. The number of hydrogen-bond donors (Lipinski definition) is 2. The van der Waals surface area contributed by atoms with Gasteiger partial charge in [-0.15, -0.1) is 0 Å². The van der Waals surface area contributed by atoms with Crippen LogP contribution < -0.4 is 0 Å². The lowest BCUT2D eigenvalue weighted by atomic mass is 9.95. The third kappa shape index (κ3) is 2.97. The van der Waals surface area contributed by atoms with Crippen LogP contribution in [0, 0.1) is 6.92 Å². The molecular formula is C11H19N3O4S. The molecule has 1 aliphatic heterocycles. The van der Waals surface area contributed by atoms with Crippen molar-refractivity contribution in [3.05, 3.63) is 11.9 Å². The van der Waals surface area contributed by atoms with Crippen molar-refractivity contribution in [2.45, 2.75) is 30.3 Å². The van der Waals surface area contributed by atoms with E-state index in [1.807, 2.05) is 0 Å². The van der Waals surface area contributed by atoms with Crippen molar-refractivity contribution in [3.8, 4) is 0 Å². The first-order valence-corrected chi connectivity index (χ1v) is 7.56. The fraction of sp³-hybridized carbons (Fsp3) is 0.727. The van der Waals surface area contributed by atoms with Crippen LogP contribution in [0.5, 0.6) is 0 Å². The third-order valence-corrected chi connectivity index (χ3v) is 5.33. The molecule has 108 valence electrons. The largest absolute Gasteiger partial charge is 0.388 e. The summed E-state index contributed by atoms with van der Waals surface area (Å²) >= 11 is 0. The van der Waals surface area contributed by atoms with E-state index in [4.69, 9.17) is 4.74 Å². The van der Waals surface area contributed by atoms with Gasteiger partial charge in [-0.05, 0) is 6.92 Å². The highest BCUT2D eigenvalue weighted by Crippen LogP contribution is 2.24. The SMILES string of the molecule is Cc1[nH]ncc1S(=O)(=O)N(C)CC1(O)CCOCC1. The van der Waals surface area contributed by atoms with Gasteiger partial charge in [0.2, 0.25) is 10.0 Å². The van der Waals surface area contributed by atoms with Gasteiger partial charge in [-0.1, -0.05) is 0 Å². The normalized spacial score (nSPS) is 19.8. The molecule has 0 aromatic carbocycles. The fourth-order valence-corrected chi connectivity index (χ4v) is 3.54. The van der Waals surface area contributed by atoms with Crippen molar-refractivity contribution >= 4 is 10.0 Å². The molecule has 8 heteroatoms. The molecule has 1 saturated heterocycles. The predicted octanol–water partition coefficient (Wildman–Crippen LogP) is -0.120. The second-order valence-electron chi connectivity index (χ2n) is 4.96. The lowest BCUT2D eigenvalue weighted by molar-refractivity contribution is -0.0689. The second-order valence-corrected chi connectivity index (χ2v) is 6.97. The van der Waals surface area contributed by atoms with Gasteiger partial charge in [-0.25, -0.2) is 8.42 Å². The van der Waals surface area contributed by atoms with E-state index < -0.39 is 15.6 Å². The minimum atomic E-state index is -3.63. The van der Waals surface area contributed by atoms with Gasteiger partial charge in [0.1, 0.15) is 4.90 Å². The van der Waals surface area contributed by atoms with Gasteiger partial charge in [0.05, 0.1) is 17.5 Å². The molecule has 2 rings (SSSR count). The summed E-state index contributed by atoms with van der Waals surface area (Å²) in [6.07, 6.45) is 2.17. The topological polar surface area (TPSA) is 95.5 Å². The zero-order valence-electron chi connectivity index (χ0n) is 11.1. The Morgan fingerprint density at radius 2 is 2.16 bits per heavy atom. The Balaban J connectivity index is 2.15. The first-order chi connectivity index (χ1) is 8.85. The monoisotopic (exact) mass is 289 g/mol. The number of aromatic nitrogens is 2. The van der Waals surface area contributed by atoms with Gasteiger partial charge >= 0.3 is 0 Å². The Bertz CT molecular complexity index is 534. The minimum Gasteiger partial charge on any atom is -0.388 e. The van der Waals surface area contributed by atoms with E-state index in [1.54, 1.807) is 6.92 Å². The van der Waals surface area contributed by atoms with Crippen LogP contribution >= 0.6 is 0 Å². The van der Waals surface area contributed by atoms with Crippen molar-refractivity contribution in [2.75, 3.05) is 26.8 Å². The quantitative estimate of drug-likeness (QED) is 0.805. The standard InChI is InChI=1S/C11H19N3O4S/c1-9-10(7-12-13-9)19(16,17)14(2)8-11(15)3-5-18-6-4-11/h7,15H,3-6,8H2,1-2H3,(H,12,13). The Kier molecular flexibility index (Phi) is 3.95. The lowest BCUT2D eigenvalue weighted by Crippen LogP contribution is -2.47. The summed E-state index contributed by atoms with van der Waals surface area (Å²) in [6.45, 7) is 2.62. The van der Waals surface area contributed by atoms with E-state index in [-0.39, 0.29) is 11.4 Å². The first-order valence-electron chi connectivity index (χ1n) is 6.12. The Morgan fingerprint density at radius 1 is 1.53 bits per heavy atom. The molecule has 0 saturated carbocycles. The summed E-state index contributed by atoms with van der Waals surface area (Å²) in [4.78, 5) is 0.144. The molecule has 7 nitrogen and oxygen atoms in total. The maximum absolute atomic E-state index is 12.4. The highest BCUT2D eigenvalue weighted by molar-refractivity contribution is 7.89. The molecule has 0 radical (unpaired) electrons. The molecule has 1 aliphatic rings. The highest BCUT2D eigenvalue weighted by atomic mass is 32.2. The van der Waals surface area contributed by atoms with E-state index >= 15 is 0 Å². The van der Waals surface area contributed by atoms with Crippen LogP contribution in [0.25, 0.3) is 0 Å². The van der Waals surface area contributed by atoms with Gasteiger partial charge < -0.3 is 9.84 Å². The van der Waals surface area contributed by atoms with E-state index in [2.05, 4.69) is 10.2 Å². The second kappa shape index (κ2) is 5.20. The number of nitrogens with zero attached hydrogens (tertiary/aromatic N) is 2. The number of likely N-dealkylation sites (N-methyl/N-ethyl adjacent to an activating group) is 1. The number of hydrogen-bond acceptors (Lipinski definition) is 5. The van der Waals surface area contributed by atoms with Crippen LogP contribution in [0.15, 0.2) is 11.1 Å². The Hall–Kier alpha value is -0.960. The summed E-state index contributed by atoms with van der Waals surface area (Å²) in [5.74, 6) is 0. The average molecular weight is 289 g/mol. The van der Waals surface area contributed by atoms with Crippen molar-refractivity contribution in [3.63, 3.8) is 0 Å². The summed E-state index contributed by atoms with van der Waals surface area (Å²) in [5.41, 5.74) is -0.525. The van der Waals surface area contributed by atoms with E-state index in [0.717, 1.165) is 0 Å². The number of ether oxygens (including phenoxy) is 1. The van der Waals surface area contributed by atoms with Gasteiger partial charge in [-0.3, -0.25) is 5.10 Å². The van der Waals surface area contributed by atoms with Crippen LogP contribution in [-0.4, -0.2) is 60.4 Å². The van der Waals surface area contributed by atoms with Gasteiger partial charge in [0, 0.05) is 39.6 Å². The molecule has 1 aromatic rings. The maximum Gasteiger partial charge on any atom is 0.246 e. The van der Waals surface area contributed by atoms with E-state index in [0.29, 0.717) is 31.7 Å². The van der Waals surface area contributed by atoms with E-state index in [9.17, 15) is 13.5 Å². The molecular weight excluding hydrogens is 270 g/mol. The van der Waals surface area contributed by atoms with Gasteiger partial charge in [0.25, 0.3) is 0 Å². The summed E-state index contributed by atoms with van der Waals surface area (Å²) in [6, 6.07) is 0. The average Bonchev–Trinajstić information content (AvgIpc) is 2.76. The zero-order valence-corrected chi connectivity index (χ0v) is 11.9. The Morgan fingerprint density at radius 3 is 2.68 bits per heavy atom. The highest BCUT2D eigenvalue weighted by Gasteiger charge is 2.35.